The number of hydrogen-bond donors (Lipinski definition) is 0. The molecule has 2 heterocycles. The molecule has 0 aliphatic rings. The van der Waals surface area contributed by atoms with Crippen LogP contribution in [0.2, 0.25) is 0 Å². The molecule has 0 atom stereocenters. The van der Waals surface area contributed by atoms with E-state index in [1.165, 1.54) is 88.1 Å². The first kappa shape index (κ1) is 35.1. The second-order valence-corrected chi connectivity index (χ2v) is 14.6. The molecule has 0 fully saturated rings. The first-order valence-corrected chi connectivity index (χ1v) is 19.3. The molecule has 11 rings (SSSR count). The number of rotatable bonds is 6. The largest absolute Gasteiger partial charge is 0.309 e. The molecule has 57 heavy (non-hydrogen) atoms. The first-order chi connectivity index (χ1) is 27.8. The standard InChI is InChI=1S/C54H36N2.U/c1-4-16-37(17-5-1)40-22-14-23-44(33-40)55-51-28-12-11-25-48(51)50-36-41(30-31-53(50)55)46-26-15-27-49-47-24-10-13-29-52(47)56(54(46)49)45-34-42(38-18-6-2-7-19-38)32-43(35-45)39-20-8-3-9-21-39;/h1-36H;. The van der Waals surface area contributed by atoms with Gasteiger partial charge in [-0.05, 0) is 93.5 Å². The normalized spacial score (nSPS) is 11.4. The van der Waals surface area contributed by atoms with E-state index < -0.39 is 0 Å². The Hall–Kier alpha value is -6.37. The summed E-state index contributed by atoms with van der Waals surface area (Å²) in [6.45, 7) is 0. The zero-order chi connectivity index (χ0) is 37.0. The quantitative estimate of drug-likeness (QED) is 0.157. The van der Waals surface area contributed by atoms with E-state index in [0.717, 1.165) is 11.4 Å². The van der Waals surface area contributed by atoms with E-state index in [0.29, 0.717) is 0 Å². The summed E-state index contributed by atoms with van der Waals surface area (Å²) in [6, 6.07) is 79.5. The van der Waals surface area contributed by atoms with Crippen LogP contribution < -0.4 is 0 Å². The van der Waals surface area contributed by atoms with Crippen LogP contribution in [0.4, 0.5) is 0 Å². The molecule has 0 unspecified atom stereocenters. The third-order valence-corrected chi connectivity index (χ3v) is 11.3. The predicted molar refractivity (Wildman–Crippen MR) is 237 cm³/mol. The molecule has 0 amide bonds. The van der Waals surface area contributed by atoms with Crippen LogP contribution >= 0.6 is 0 Å². The second kappa shape index (κ2) is 14.6. The number of hydrogen-bond acceptors (Lipinski definition) is 0. The van der Waals surface area contributed by atoms with Crippen molar-refractivity contribution in [1.29, 1.82) is 0 Å². The van der Waals surface area contributed by atoms with E-state index in [1.54, 1.807) is 0 Å². The predicted octanol–water partition coefficient (Wildman–Crippen LogP) is 14.5. The van der Waals surface area contributed by atoms with Gasteiger partial charge in [0.25, 0.3) is 0 Å². The molecule has 0 spiro atoms. The van der Waals surface area contributed by atoms with E-state index in [4.69, 9.17) is 0 Å². The van der Waals surface area contributed by atoms with Gasteiger partial charge < -0.3 is 9.13 Å². The van der Waals surface area contributed by atoms with Crippen molar-refractivity contribution in [3.8, 4) is 55.9 Å². The molecule has 3 heteroatoms. The summed E-state index contributed by atoms with van der Waals surface area (Å²) in [5.74, 6) is 0. The fourth-order valence-corrected chi connectivity index (χ4v) is 8.73. The Bertz CT molecular complexity index is 3170. The van der Waals surface area contributed by atoms with Gasteiger partial charge in [-0.15, -0.1) is 0 Å². The van der Waals surface area contributed by atoms with Crippen molar-refractivity contribution < 1.29 is 31.1 Å². The smallest absolute Gasteiger partial charge is 0.0619 e. The first-order valence-electron chi connectivity index (χ1n) is 19.3. The van der Waals surface area contributed by atoms with E-state index in [-0.39, 0.29) is 31.1 Å². The molecule has 0 bridgehead atoms. The maximum absolute atomic E-state index is 2.49. The summed E-state index contributed by atoms with van der Waals surface area (Å²) < 4.78 is 4.90. The topological polar surface area (TPSA) is 9.86 Å². The van der Waals surface area contributed by atoms with Gasteiger partial charge in [0.15, 0.2) is 0 Å². The number of benzene rings is 9. The van der Waals surface area contributed by atoms with Crippen molar-refractivity contribution in [3.05, 3.63) is 218 Å². The number of para-hydroxylation sites is 3. The third kappa shape index (κ3) is 6.03. The fourth-order valence-electron chi connectivity index (χ4n) is 8.73. The van der Waals surface area contributed by atoms with Gasteiger partial charge in [0.1, 0.15) is 0 Å². The van der Waals surface area contributed by atoms with Gasteiger partial charge in [0.2, 0.25) is 0 Å². The Morgan fingerprint density at radius 3 is 1.37 bits per heavy atom. The van der Waals surface area contributed by atoms with Crippen molar-refractivity contribution in [3.63, 3.8) is 0 Å². The minimum absolute atomic E-state index is 0. The Kier molecular flexibility index (Phi) is 8.99. The van der Waals surface area contributed by atoms with Crippen LogP contribution in [0.1, 0.15) is 0 Å². The Labute approximate surface area is 355 Å². The van der Waals surface area contributed by atoms with Gasteiger partial charge in [0.05, 0.1) is 22.1 Å². The summed E-state index contributed by atoms with van der Waals surface area (Å²) >= 11 is 0. The maximum Gasteiger partial charge on any atom is 0.0619 e. The molecular formula is C54H36N2U. The third-order valence-electron chi connectivity index (χ3n) is 11.3. The average Bonchev–Trinajstić information content (AvgIpc) is 3.80. The van der Waals surface area contributed by atoms with Gasteiger partial charge in [-0.25, -0.2) is 0 Å². The summed E-state index contributed by atoms with van der Waals surface area (Å²) in [7, 11) is 0. The number of nitrogens with zero attached hydrogens (tertiary/aromatic N) is 2. The molecule has 0 aliphatic heterocycles. The van der Waals surface area contributed by atoms with E-state index in [2.05, 4.69) is 228 Å². The average molecular weight is 951 g/mol. The Balaban J connectivity index is 0.00000396. The maximum atomic E-state index is 2.49. The molecule has 0 saturated heterocycles. The summed E-state index contributed by atoms with van der Waals surface area (Å²) in [4.78, 5) is 0. The molecule has 2 nitrogen and oxygen atoms in total. The fraction of sp³-hybridized carbons (Fsp3) is 0. The van der Waals surface area contributed by atoms with Crippen LogP contribution in [0.25, 0.3) is 99.5 Å². The van der Waals surface area contributed by atoms with Crippen molar-refractivity contribution in [1.82, 2.24) is 9.13 Å². The molecule has 266 valence electrons. The van der Waals surface area contributed by atoms with Crippen LogP contribution in [-0.4, -0.2) is 9.13 Å². The minimum Gasteiger partial charge on any atom is -0.309 e. The molecule has 0 aliphatic carbocycles. The molecule has 0 radical (unpaired) electrons. The zero-order valence-electron chi connectivity index (χ0n) is 31.2. The monoisotopic (exact) mass is 950 g/mol. The summed E-state index contributed by atoms with van der Waals surface area (Å²) in [6.07, 6.45) is 0. The molecular weight excluding hydrogens is 915 g/mol. The van der Waals surface area contributed by atoms with Crippen molar-refractivity contribution in [2.24, 2.45) is 0 Å². The molecule has 0 N–H and O–H groups in total. The van der Waals surface area contributed by atoms with E-state index in [9.17, 15) is 0 Å². The molecule has 0 saturated carbocycles. The van der Waals surface area contributed by atoms with Crippen LogP contribution in [0.5, 0.6) is 0 Å². The van der Waals surface area contributed by atoms with Crippen LogP contribution in [0.3, 0.4) is 0 Å². The minimum atomic E-state index is 0. The number of fused-ring (bicyclic) bond motifs is 6. The van der Waals surface area contributed by atoms with Gasteiger partial charge in [0, 0.05) is 69.6 Å². The van der Waals surface area contributed by atoms with Gasteiger partial charge >= 0.3 is 0 Å². The Morgan fingerprint density at radius 2 is 0.719 bits per heavy atom. The molecule has 2 aromatic heterocycles. The molecule has 9 aromatic carbocycles. The van der Waals surface area contributed by atoms with E-state index >= 15 is 0 Å². The van der Waals surface area contributed by atoms with Crippen molar-refractivity contribution in [2.75, 3.05) is 0 Å². The van der Waals surface area contributed by atoms with Crippen molar-refractivity contribution in [2.45, 2.75) is 0 Å². The summed E-state index contributed by atoms with van der Waals surface area (Å²) in [5.41, 5.74) is 16.7. The Morgan fingerprint density at radius 1 is 0.246 bits per heavy atom. The zero-order valence-corrected chi connectivity index (χ0v) is 35.3. The van der Waals surface area contributed by atoms with Gasteiger partial charge in [-0.2, -0.15) is 0 Å². The van der Waals surface area contributed by atoms with Crippen LogP contribution in [0, 0.1) is 31.1 Å². The van der Waals surface area contributed by atoms with Crippen molar-refractivity contribution >= 4 is 43.6 Å². The van der Waals surface area contributed by atoms with Crippen LogP contribution in [-0.2, 0) is 0 Å². The molecule has 11 aromatic rings. The van der Waals surface area contributed by atoms with Gasteiger partial charge in [-0.3, -0.25) is 0 Å². The van der Waals surface area contributed by atoms with Gasteiger partial charge in [-0.1, -0.05) is 164 Å². The van der Waals surface area contributed by atoms with Crippen LogP contribution in [0.15, 0.2) is 218 Å². The SMILES string of the molecule is [U].c1ccc(-c2cccc(-n3c4ccccc4c4cc(-c5cccc6c7ccccc7n(-c7cc(-c8ccccc8)cc(-c8ccccc8)c7)c56)ccc43)c2)cc1. The second-order valence-electron chi connectivity index (χ2n) is 14.6. The summed E-state index contributed by atoms with van der Waals surface area (Å²) in [5, 5.41) is 4.96. The van der Waals surface area contributed by atoms with E-state index in [1.807, 2.05) is 0 Å². The number of aromatic nitrogens is 2.